The van der Waals surface area contributed by atoms with Gasteiger partial charge in [0.25, 0.3) is 0 Å². The Morgan fingerprint density at radius 2 is 1.67 bits per heavy atom. The number of rotatable bonds is 4. The molecule has 122 valence electrons. The van der Waals surface area contributed by atoms with Gasteiger partial charge in [-0.1, -0.05) is 19.3 Å². The molecule has 1 aliphatic carbocycles. The topological polar surface area (TPSA) is 60.9 Å². The van der Waals surface area contributed by atoms with Crippen LogP contribution < -0.4 is 0 Å². The summed E-state index contributed by atoms with van der Waals surface area (Å²) in [5.41, 5.74) is -0.841. The molecule has 3 aliphatic rings. The van der Waals surface area contributed by atoms with E-state index in [0.717, 1.165) is 45.2 Å². The molecule has 0 spiro atoms. The molecule has 2 heterocycles. The third kappa shape index (κ3) is 3.44. The molecule has 0 bridgehead atoms. The molecule has 0 aromatic heterocycles. The van der Waals surface area contributed by atoms with Crippen molar-refractivity contribution >= 4 is 10.0 Å². The molecule has 1 unspecified atom stereocenters. The van der Waals surface area contributed by atoms with Crippen molar-refractivity contribution in [1.29, 1.82) is 0 Å². The van der Waals surface area contributed by atoms with Crippen molar-refractivity contribution < 1.29 is 13.5 Å². The molecule has 2 saturated heterocycles. The Balaban J connectivity index is 1.62. The molecule has 21 heavy (non-hydrogen) atoms. The van der Waals surface area contributed by atoms with E-state index in [2.05, 4.69) is 4.90 Å². The lowest BCUT2D eigenvalue weighted by Gasteiger charge is -2.30. The summed E-state index contributed by atoms with van der Waals surface area (Å²) in [5.74, 6) is 0. The van der Waals surface area contributed by atoms with Crippen LogP contribution in [0.2, 0.25) is 0 Å². The van der Waals surface area contributed by atoms with Gasteiger partial charge < -0.3 is 10.0 Å². The van der Waals surface area contributed by atoms with E-state index in [1.807, 2.05) is 0 Å². The van der Waals surface area contributed by atoms with Crippen LogP contribution in [0.5, 0.6) is 0 Å². The number of hydrogen-bond donors (Lipinski definition) is 1. The standard InChI is InChI=1S/C15H28N2O3S/c18-15(12-16-9-4-5-10-16)8-11-17(13-15)21(19,20)14-6-2-1-3-7-14/h14,18H,1-13H2. The molecule has 0 radical (unpaired) electrons. The average Bonchev–Trinajstić information content (AvgIpc) is 3.10. The highest BCUT2D eigenvalue weighted by molar-refractivity contribution is 7.89. The highest BCUT2D eigenvalue weighted by Crippen LogP contribution is 2.31. The Bertz CT molecular complexity index is 456. The van der Waals surface area contributed by atoms with Gasteiger partial charge in [-0.3, -0.25) is 0 Å². The molecular weight excluding hydrogens is 288 g/mol. The van der Waals surface area contributed by atoms with Crippen molar-refractivity contribution in [3.05, 3.63) is 0 Å². The molecular formula is C15H28N2O3S. The molecule has 5 nitrogen and oxygen atoms in total. The van der Waals surface area contributed by atoms with Gasteiger partial charge in [0, 0.05) is 19.6 Å². The van der Waals surface area contributed by atoms with Crippen molar-refractivity contribution in [2.75, 3.05) is 32.7 Å². The van der Waals surface area contributed by atoms with Crippen LogP contribution >= 0.6 is 0 Å². The fourth-order valence-electron chi connectivity index (χ4n) is 4.10. The first-order chi connectivity index (χ1) is 10.00. The van der Waals surface area contributed by atoms with E-state index in [-0.39, 0.29) is 5.25 Å². The molecule has 0 amide bonds. The van der Waals surface area contributed by atoms with Crippen LogP contribution in [0.4, 0.5) is 0 Å². The van der Waals surface area contributed by atoms with Crippen LogP contribution in [0.3, 0.4) is 0 Å². The lowest BCUT2D eigenvalue weighted by molar-refractivity contribution is 0.0232. The number of sulfonamides is 1. The molecule has 1 N–H and O–H groups in total. The van der Waals surface area contributed by atoms with Crippen LogP contribution in [0.15, 0.2) is 0 Å². The maximum Gasteiger partial charge on any atom is 0.217 e. The smallest absolute Gasteiger partial charge is 0.217 e. The quantitative estimate of drug-likeness (QED) is 0.846. The van der Waals surface area contributed by atoms with Gasteiger partial charge in [0.15, 0.2) is 0 Å². The molecule has 2 aliphatic heterocycles. The highest BCUT2D eigenvalue weighted by Gasteiger charge is 2.44. The van der Waals surface area contributed by atoms with Gasteiger partial charge in [0.1, 0.15) is 0 Å². The van der Waals surface area contributed by atoms with Gasteiger partial charge in [-0.2, -0.15) is 4.31 Å². The van der Waals surface area contributed by atoms with Crippen molar-refractivity contribution in [3.8, 4) is 0 Å². The minimum atomic E-state index is -3.21. The molecule has 0 aromatic carbocycles. The summed E-state index contributed by atoms with van der Waals surface area (Å²) < 4.78 is 27.0. The van der Waals surface area contributed by atoms with Crippen molar-refractivity contribution in [3.63, 3.8) is 0 Å². The molecule has 0 aromatic rings. The summed E-state index contributed by atoms with van der Waals surface area (Å²) in [6.45, 7) is 3.49. The number of hydrogen-bond acceptors (Lipinski definition) is 4. The maximum atomic E-state index is 12.7. The van der Waals surface area contributed by atoms with Crippen LogP contribution in [0.1, 0.15) is 51.4 Å². The van der Waals surface area contributed by atoms with Gasteiger partial charge in [-0.25, -0.2) is 8.42 Å². The zero-order valence-corrected chi connectivity index (χ0v) is 13.7. The molecule has 3 rings (SSSR count). The fraction of sp³-hybridized carbons (Fsp3) is 1.00. The molecule has 6 heteroatoms. The van der Waals surface area contributed by atoms with Gasteiger partial charge >= 0.3 is 0 Å². The lowest BCUT2D eigenvalue weighted by Crippen LogP contribution is -2.46. The summed E-state index contributed by atoms with van der Waals surface area (Å²) >= 11 is 0. The number of nitrogens with zero attached hydrogens (tertiary/aromatic N) is 2. The van der Waals surface area contributed by atoms with Gasteiger partial charge in [0.2, 0.25) is 10.0 Å². The SMILES string of the molecule is O=S(=O)(C1CCCCC1)N1CCC(O)(CN2CCCC2)C1. The predicted octanol–water partition coefficient (Wildman–Crippen LogP) is 1.18. The maximum absolute atomic E-state index is 12.7. The Morgan fingerprint density at radius 3 is 2.33 bits per heavy atom. The van der Waals surface area contributed by atoms with E-state index in [0.29, 0.717) is 26.1 Å². The number of β-amino-alcohol motifs (C(OH)–C–C–N with tert-alkyl or cyclic N) is 1. The Morgan fingerprint density at radius 1 is 1.00 bits per heavy atom. The van der Waals surface area contributed by atoms with E-state index in [1.165, 1.54) is 12.8 Å². The predicted molar refractivity (Wildman–Crippen MR) is 82.6 cm³/mol. The van der Waals surface area contributed by atoms with Crippen LogP contribution in [0.25, 0.3) is 0 Å². The first-order valence-electron chi connectivity index (χ1n) is 8.43. The third-order valence-electron chi connectivity index (χ3n) is 5.35. The van der Waals surface area contributed by atoms with Crippen LogP contribution in [-0.2, 0) is 10.0 Å². The van der Waals surface area contributed by atoms with E-state index in [9.17, 15) is 13.5 Å². The number of aliphatic hydroxyl groups is 1. The largest absolute Gasteiger partial charge is 0.387 e. The molecule has 1 saturated carbocycles. The zero-order valence-electron chi connectivity index (χ0n) is 12.8. The minimum absolute atomic E-state index is 0.208. The lowest BCUT2D eigenvalue weighted by atomic mass is 10.0. The Hall–Kier alpha value is -0.170. The van der Waals surface area contributed by atoms with Crippen molar-refractivity contribution in [2.24, 2.45) is 0 Å². The Labute approximate surface area is 128 Å². The van der Waals surface area contributed by atoms with E-state index >= 15 is 0 Å². The average molecular weight is 316 g/mol. The van der Waals surface area contributed by atoms with Crippen molar-refractivity contribution in [1.82, 2.24) is 9.21 Å². The fourth-order valence-corrected chi connectivity index (χ4v) is 6.21. The summed E-state index contributed by atoms with van der Waals surface area (Å²) in [5, 5.41) is 10.5. The third-order valence-corrected chi connectivity index (χ3v) is 7.69. The second-order valence-corrected chi connectivity index (χ2v) is 9.31. The van der Waals surface area contributed by atoms with E-state index in [1.54, 1.807) is 4.31 Å². The normalized spacial score (nSPS) is 33.8. The monoisotopic (exact) mass is 316 g/mol. The van der Waals surface area contributed by atoms with Gasteiger partial charge in [-0.15, -0.1) is 0 Å². The molecule has 3 fully saturated rings. The van der Waals surface area contributed by atoms with Crippen LogP contribution in [-0.4, -0.2) is 66.3 Å². The summed E-state index contributed by atoms with van der Waals surface area (Å²) in [6.07, 6.45) is 7.76. The minimum Gasteiger partial charge on any atom is -0.387 e. The summed E-state index contributed by atoms with van der Waals surface area (Å²) in [6, 6.07) is 0. The second-order valence-electron chi connectivity index (χ2n) is 7.10. The highest BCUT2D eigenvalue weighted by atomic mass is 32.2. The summed E-state index contributed by atoms with van der Waals surface area (Å²) in [7, 11) is -3.21. The van der Waals surface area contributed by atoms with Crippen molar-refractivity contribution in [2.45, 2.75) is 62.2 Å². The first kappa shape index (κ1) is 15.7. The Kier molecular flexibility index (Phi) is 4.60. The molecule has 1 atom stereocenters. The van der Waals surface area contributed by atoms with E-state index in [4.69, 9.17) is 0 Å². The first-order valence-corrected chi connectivity index (χ1v) is 9.94. The zero-order chi connectivity index (χ0) is 14.9. The van der Waals surface area contributed by atoms with Gasteiger partial charge in [0.05, 0.1) is 10.9 Å². The van der Waals surface area contributed by atoms with Crippen LogP contribution in [0, 0.1) is 0 Å². The second kappa shape index (κ2) is 6.14. The van der Waals surface area contributed by atoms with Gasteiger partial charge in [-0.05, 0) is 45.2 Å². The number of likely N-dealkylation sites (tertiary alicyclic amines) is 1. The van der Waals surface area contributed by atoms with E-state index < -0.39 is 15.6 Å². The summed E-state index contributed by atoms with van der Waals surface area (Å²) in [4.78, 5) is 2.27.